The predicted octanol–water partition coefficient (Wildman–Crippen LogP) is -0.752. The number of tetrazole rings is 1. The van der Waals surface area contributed by atoms with Gasteiger partial charge in [0.05, 0.1) is 12.9 Å². The standard InChI is InChI=1S/C12H22N8O4/c1-8(13)14-7-5-4-6-10(19(23)9(2)21)11(22)20(24-3)12-15-17-18-16-12/h10,23H,4-7H2,1-3H3,(H2,13,14)(H,15,16,17,18)/t10-/m0/s1. The molecule has 24 heavy (non-hydrogen) atoms. The van der Waals surface area contributed by atoms with E-state index in [-0.39, 0.29) is 12.4 Å². The molecule has 1 rings (SSSR count). The second-order valence-corrected chi connectivity index (χ2v) is 4.93. The monoisotopic (exact) mass is 342 g/mol. The number of carbonyl (C=O) groups excluding carboxylic acids is 2. The highest BCUT2D eigenvalue weighted by atomic mass is 16.7. The molecule has 12 heteroatoms. The van der Waals surface area contributed by atoms with Crippen LogP contribution in [0.25, 0.3) is 0 Å². The Bertz CT molecular complexity index is 557. The molecule has 1 aromatic heterocycles. The number of rotatable bonds is 9. The van der Waals surface area contributed by atoms with Crippen molar-refractivity contribution in [1.29, 1.82) is 0 Å². The van der Waals surface area contributed by atoms with E-state index in [0.29, 0.717) is 30.3 Å². The van der Waals surface area contributed by atoms with Crippen molar-refractivity contribution < 1.29 is 19.6 Å². The number of nitrogens with two attached hydrogens (primary N) is 1. The summed E-state index contributed by atoms with van der Waals surface area (Å²) >= 11 is 0. The molecule has 2 amide bonds. The second kappa shape index (κ2) is 9.52. The van der Waals surface area contributed by atoms with Gasteiger partial charge in [0.15, 0.2) is 0 Å². The zero-order chi connectivity index (χ0) is 18.1. The van der Waals surface area contributed by atoms with Gasteiger partial charge in [-0.1, -0.05) is 5.10 Å². The van der Waals surface area contributed by atoms with E-state index >= 15 is 0 Å². The van der Waals surface area contributed by atoms with E-state index in [1.807, 2.05) is 0 Å². The van der Waals surface area contributed by atoms with Crippen molar-refractivity contribution >= 4 is 23.6 Å². The van der Waals surface area contributed by atoms with Crippen molar-refractivity contribution in [1.82, 2.24) is 25.7 Å². The number of aromatic nitrogens is 4. The Balaban J connectivity index is 2.78. The molecule has 0 saturated carbocycles. The van der Waals surface area contributed by atoms with Gasteiger partial charge in [0, 0.05) is 13.5 Å². The molecule has 0 aliphatic rings. The first-order valence-corrected chi connectivity index (χ1v) is 7.25. The molecule has 134 valence electrons. The average Bonchev–Trinajstić information content (AvgIpc) is 3.04. The van der Waals surface area contributed by atoms with E-state index in [9.17, 15) is 14.8 Å². The first-order valence-electron chi connectivity index (χ1n) is 7.25. The van der Waals surface area contributed by atoms with E-state index in [2.05, 4.69) is 25.6 Å². The van der Waals surface area contributed by atoms with E-state index in [4.69, 9.17) is 10.6 Å². The highest BCUT2D eigenvalue weighted by Crippen LogP contribution is 2.14. The lowest BCUT2D eigenvalue weighted by molar-refractivity contribution is -0.179. The lowest BCUT2D eigenvalue weighted by Gasteiger charge is -2.27. The van der Waals surface area contributed by atoms with Crippen molar-refractivity contribution in [3.63, 3.8) is 0 Å². The van der Waals surface area contributed by atoms with Crippen molar-refractivity contribution in [3.8, 4) is 0 Å². The molecule has 0 radical (unpaired) electrons. The van der Waals surface area contributed by atoms with Crippen LogP contribution in [0.5, 0.6) is 0 Å². The van der Waals surface area contributed by atoms with E-state index in [1.165, 1.54) is 7.11 Å². The number of H-pyrrole nitrogens is 1. The number of anilines is 1. The third kappa shape index (κ3) is 5.55. The number of amides is 2. The molecule has 0 aromatic carbocycles. The fraction of sp³-hybridized carbons (Fsp3) is 0.667. The topological polar surface area (TPSA) is 163 Å². The van der Waals surface area contributed by atoms with Crippen LogP contribution >= 0.6 is 0 Å². The molecule has 0 unspecified atom stereocenters. The molecular formula is C12H22N8O4. The van der Waals surface area contributed by atoms with Gasteiger partial charge in [-0.15, -0.1) is 10.2 Å². The summed E-state index contributed by atoms with van der Waals surface area (Å²) < 4.78 is 0. The average molecular weight is 342 g/mol. The van der Waals surface area contributed by atoms with Gasteiger partial charge in [-0.2, -0.15) is 5.21 Å². The minimum Gasteiger partial charge on any atom is -0.388 e. The number of carbonyl (C=O) groups is 2. The summed E-state index contributed by atoms with van der Waals surface area (Å²) in [6.45, 7) is 3.32. The molecule has 1 aromatic rings. The van der Waals surface area contributed by atoms with Crippen LogP contribution < -0.4 is 10.8 Å². The number of hydrogen-bond donors (Lipinski definition) is 3. The highest BCUT2D eigenvalue weighted by Gasteiger charge is 2.33. The number of hydrogen-bond acceptors (Lipinski definition) is 8. The van der Waals surface area contributed by atoms with Gasteiger partial charge in [0.25, 0.3) is 11.9 Å². The normalized spacial score (nSPS) is 12.8. The maximum atomic E-state index is 12.6. The van der Waals surface area contributed by atoms with Crippen LogP contribution in [0.4, 0.5) is 5.95 Å². The maximum absolute atomic E-state index is 12.6. The number of nitrogens with zero attached hydrogens (tertiary/aromatic N) is 6. The third-order valence-electron chi connectivity index (χ3n) is 3.05. The van der Waals surface area contributed by atoms with Crippen LogP contribution in [0.1, 0.15) is 33.1 Å². The summed E-state index contributed by atoms with van der Waals surface area (Å²) in [6.07, 6.45) is 1.37. The zero-order valence-electron chi connectivity index (χ0n) is 13.8. The lowest BCUT2D eigenvalue weighted by Crippen LogP contribution is -2.49. The lowest BCUT2D eigenvalue weighted by atomic mass is 10.1. The Morgan fingerprint density at radius 1 is 1.42 bits per heavy atom. The minimum atomic E-state index is -1.15. The Kier molecular flexibility index (Phi) is 7.71. The van der Waals surface area contributed by atoms with E-state index in [1.54, 1.807) is 6.92 Å². The van der Waals surface area contributed by atoms with Crippen molar-refractivity contribution in [2.45, 2.75) is 39.2 Å². The van der Waals surface area contributed by atoms with E-state index < -0.39 is 17.9 Å². The molecule has 1 atom stereocenters. The Morgan fingerprint density at radius 3 is 2.62 bits per heavy atom. The van der Waals surface area contributed by atoms with Crippen LogP contribution in [-0.4, -0.2) is 68.2 Å². The second-order valence-electron chi connectivity index (χ2n) is 4.93. The number of hydroxylamine groups is 3. The summed E-state index contributed by atoms with van der Waals surface area (Å²) in [5.74, 6) is -1.03. The number of unbranched alkanes of at least 4 members (excludes halogenated alkanes) is 1. The van der Waals surface area contributed by atoms with Gasteiger partial charge in [0.1, 0.15) is 6.04 Å². The SMILES string of the molecule is CON(C(=O)[C@H](CCCCN=C(C)N)N(O)C(C)=O)c1nn[nH]n1. The molecule has 0 spiro atoms. The molecule has 0 saturated heterocycles. The fourth-order valence-corrected chi connectivity index (χ4v) is 1.92. The van der Waals surface area contributed by atoms with E-state index in [0.717, 1.165) is 12.0 Å². The number of amidine groups is 1. The largest absolute Gasteiger partial charge is 0.388 e. The van der Waals surface area contributed by atoms with Gasteiger partial charge < -0.3 is 5.73 Å². The molecule has 4 N–H and O–H groups in total. The molecule has 0 bridgehead atoms. The van der Waals surface area contributed by atoms with Crippen molar-refractivity contribution in [2.24, 2.45) is 10.7 Å². The Hall–Kier alpha value is -2.60. The van der Waals surface area contributed by atoms with Gasteiger partial charge in [-0.3, -0.25) is 24.6 Å². The fourth-order valence-electron chi connectivity index (χ4n) is 1.92. The van der Waals surface area contributed by atoms with Crippen molar-refractivity contribution in [3.05, 3.63) is 0 Å². The first kappa shape index (κ1) is 19.4. The summed E-state index contributed by atoms with van der Waals surface area (Å²) in [5, 5.41) is 23.8. The van der Waals surface area contributed by atoms with Crippen LogP contribution in [0, 0.1) is 0 Å². The van der Waals surface area contributed by atoms with Crippen molar-refractivity contribution in [2.75, 3.05) is 18.7 Å². The van der Waals surface area contributed by atoms with Gasteiger partial charge in [0.2, 0.25) is 5.91 Å². The third-order valence-corrected chi connectivity index (χ3v) is 3.05. The van der Waals surface area contributed by atoms with Gasteiger partial charge in [-0.25, -0.2) is 5.06 Å². The summed E-state index contributed by atoms with van der Waals surface area (Å²) in [6, 6.07) is -1.15. The van der Waals surface area contributed by atoms with Crippen LogP contribution in [0.2, 0.25) is 0 Å². The quantitative estimate of drug-likeness (QED) is 0.173. The van der Waals surface area contributed by atoms with Crippen LogP contribution in [0.3, 0.4) is 0 Å². The Labute approximate surface area is 138 Å². The first-order chi connectivity index (χ1) is 11.4. The highest BCUT2D eigenvalue weighted by molar-refractivity contribution is 5.95. The molecule has 12 nitrogen and oxygen atoms in total. The van der Waals surface area contributed by atoms with Gasteiger partial charge in [-0.05, 0) is 31.4 Å². The molecule has 0 fully saturated rings. The van der Waals surface area contributed by atoms with Crippen LogP contribution in [0.15, 0.2) is 4.99 Å². The molecular weight excluding hydrogens is 320 g/mol. The summed E-state index contributed by atoms with van der Waals surface area (Å²) in [4.78, 5) is 33.0. The minimum absolute atomic E-state index is 0.132. The number of aromatic amines is 1. The predicted molar refractivity (Wildman–Crippen MR) is 82.8 cm³/mol. The number of nitrogens with one attached hydrogen (secondary N) is 1. The molecule has 0 aliphatic heterocycles. The Morgan fingerprint density at radius 2 is 2.12 bits per heavy atom. The molecule has 0 aliphatic carbocycles. The zero-order valence-corrected chi connectivity index (χ0v) is 13.8. The summed E-state index contributed by atoms with van der Waals surface area (Å²) in [5.41, 5.74) is 5.44. The number of aliphatic imine (C=N–C) groups is 1. The maximum Gasteiger partial charge on any atom is 0.296 e. The van der Waals surface area contributed by atoms with Gasteiger partial charge >= 0.3 is 0 Å². The van der Waals surface area contributed by atoms with Crippen LogP contribution in [-0.2, 0) is 14.4 Å². The summed E-state index contributed by atoms with van der Waals surface area (Å²) in [7, 11) is 1.24. The molecule has 1 heterocycles. The smallest absolute Gasteiger partial charge is 0.296 e.